The maximum absolute atomic E-state index is 10.2. The summed E-state index contributed by atoms with van der Waals surface area (Å²) in [4.78, 5) is 0. The minimum Gasteiger partial charge on any atom is -0.393 e. The van der Waals surface area contributed by atoms with Gasteiger partial charge in [-0.15, -0.1) is 0 Å². The molecule has 0 aliphatic heterocycles. The number of fused-ring (bicyclic) bond motifs is 1. The van der Waals surface area contributed by atoms with Gasteiger partial charge < -0.3 is 10.2 Å². The van der Waals surface area contributed by atoms with Crippen LogP contribution in [0.2, 0.25) is 0 Å². The zero-order chi connectivity index (χ0) is 12.8. The SMILES string of the molecule is CC1CC(O)CC2(C)CCC(C(C)(C)O)CC12. The molecule has 0 spiro atoms. The fourth-order valence-electron chi connectivity index (χ4n) is 4.43. The Bertz CT molecular complexity index is 281. The molecule has 0 radical (unpaired) electrons. The molecule has 2 saturated carbocycles. The molecule has 0 aromatic rings. The number of hydrogen-bond donors (Lipinski definition) is 2. The minimum atomic E-state index is -0.545. The average Bonchev–Trinajstić information content (AvgIpc) is 2.13. The Balaban J connectivity index is 2.14. The normalized spacial score (nSPS) is 47.6. The van der Waals surface area contributed by atoms with Gasteiger partial charge in [-0.25, -0.2) is 0 Å². The van der Waals surface area contributed by atoms with E-state index in [2.05, 4.69) is 13.8 Å². The molecule has 2 rings (SSSR count). The molecule has 0 bridgehead atoms. The van der Waals surface area contributed by atoms with Gasteiger partial charge in [-0.3, -0.25) is 0 Å². The van der Waals surface area contributed by atoms with Crippen molar-refractivity contribution >= 4 is 0 Å². The van der Waals surface area contributed by atoms with Crippen LogP contribution in [0.3, 0.4) is 0 Å². The Kier molecular flexibility index (Phi) is 3.33. The Morgan fingerprint density at radius 2 is 1.88 bits per heavy atom. The number of aliphatic hydroxyl groups is 2. The number of aliphatic hydroxyl groups excluding tert-OH is 1. The van der Waals surface area contributed by atoms with E-state index < -0.39 is 5.60 Å². The van der Waals surface area contributed by atoms with Crippen molar-refractivity contribution in [2.24, 2.45) is 23.2 Å². The summed E-state index contributed by atoms with van der Waals surface area (Å²) in [5.74, 6) is 1.70. The standard InChI is InChI=1S/C15H28O2/c1-10-7-12(16)9-15(4)6-5-11(8-13(10)15)14(2,3)17/h10-13,16-17H,5-9H2,1-4H3. The maximum atomic E-state index is 10.2. The van der Waals surface area contributed by atoms with Crippen molar-refractivity contribution in [1.82, 2.24) is 0 Å². The molecule has 0 saturated heterocycles. The second kappa shape index (κ2) is 4.24. The predicted octanol–water partition coefficient (Wildman–Crippen LogP) is 2.97. The van der Waals surface area contributed by atoms with Gasteiger partial charge in [0, 0.05) is 0 Å². The molecule has 0 amide bonds. The van der Waals surface area contributed by atoms with Crippen LogP contribution in [0.1, 0.15) is 59.8 Å². The summed E-state index contributed by atoms with van der Waals surface area (Å²) in [5.41, 5.74) is -0.240. The molecule has 5 unspecified atom stereocenters. The van der Waals surface area contributed by atoms with Gasteiger partial charge in [0.15, 0.2) is 0 Å². The van der Waals surface area contributed by atoms with Gasteiger partial charge in [0.1, 0.15) is 0 Å². The minimum absolute atomic E-state index is 0.107. The van der Waals surface area contributed by atoms with Crippen LogP contribution in [0.5, 0.6) is 0 Å². The molecule has 2 nitrogen and oxygen atoms in total. The van der Waals surface area contributed by atoms with Gasteiger partial charge in [0.2, 0.25) is 0 Å². The van der Waals surface area contributed by atoms with Crippen LogP contribution in [-0.2, 0) is 0 Å². The Morgan fingerprint density at radius 3 is 2.47 bits per heavy atom. The fraction of sp³-hybridized carbons (Fsp3) is 1.00. The third kappa shape index (κ3) is 2.53. The van der Waals surface area contributed by atoms with Gasteiger partial charge in [0.25, 0.3) is 0 Å². The molecule has 2 fully saturated rings. The second-order valence-corrected chi connectivity index (χ2v) is 7.46. The van der Waals surface area contributed by atoms with E-state index in [0.29, 0.717) is 23.2 Å². The van der Waals surface area contributed by atoms with E-state index in [1.807, 2.05) is 13.8 Å². The zero-order valence-electron chi connectivity index (χ0n) is 11.7. The van der Waals surface area contributed by atoms with E-state index in [-0.39, 0.29) is 6.10 Å². The van der Waals surface area contributed by atoms with E-state index in [1.54, 1.807) is 0 Å². The lowest BCUT2D eigenvalue weighted by Crippen LogP contribution is -2.48. The van der Waals surface area contributed by atoms with Crippen LogP contribution in [0, 0.1) is 23.2 Å². The van der Waals surface area contributed by atoms with Crippen molar-refractivity contribution in [2.75, 3.05) is 0 Å². The van der Waals surface area contributed by atoms with Crippen LogP contribution in [-0.4, -0.2) is 21.9 Å². The average molecular weight is 240 g/mol. The molecule has 0 aromatic carbocycles. The highest BCUT2D eigenvalue weighted by Gasteiger charge is 2.48. The molecular weight excluding hydrogens is 212 g/mol. The highest BCUT2D eigenvalue weighted by atomic mass is 16.3. The van der Waals surface area contributed by atoms with Crippen LogP contribution in [0.25, 0.3) is 0 Å². The van der Waals surface area contributed by atoms with Gasteiger partial charge >= 0.3 is 0 Å². The molecule has 5 atom stereocenters. The van der Waals surface area contributed by atoms with Crippen molar-refractivity contribution in [3.63, 3.8) is 0 Å². The molecule has 17 heavy (non-hydrogen) atoms. The largest absolute Gasteiger partial charge is 0.393 e. The van der Waals surface area contributed by atoms with Crippen molar-refractivity contribution in [2.45, 2.75) is 71.5 Å². The highest BCUT2D eigenvalue weighted by molar-refractivity contribution is 4.99. The molecule has 2 N–H and O–H groups in total. The van der Waals surface area contributed by atoms with Crippen LogP contribution >= 0.6 is 0 Å². The van der Waals surface area contributed by atoms with E-state index in [0.717, 1.165) is 32.1 Å². The molecule has 0 heterocycles. The predicted molar refractivity (Wildman–Crippen MR) is 69.6 cm³/mol. The highest BCUT2D eigenvalue weighted by Crippen LogP contribution is 2.55. The summed E-state index contributed by atoms with van der Waals surface area (Å²) >= 11 is 0. The van der Waals surface area contributed by atoms with Crippen molar-refractivity contribution in [3.05, 3.63) is 0 Å². The molecule has 0 aromatic heterocycles. The molecule has 100 valence electrons. The first kappa shape index (κ1) is 13.4. The molecule has 2 heteroatoms. The quantitative estimate of drug-likeness (QED) is 0.740. The topological polar surface area (TPSA) is 40.5 Å². The monoisotopic (exact) mass is 240 g/mol. The number of hydrogen-bond acceptors (Lipinski definition) is 2. The Morgan fingerprint density at radius 1 is 1.24 bits per heavy atom. The first-order chi connectivity index (χ1) is 7.72. The van der Waals surface area contributed by atoms with Crippen LogP contribution in [0.15, 0.2) is 0 Å². The van der Waals surface area contributed by atoms with Crippen molar-refractivity contribution in [1.29, 1.82) is 0 Å². The van der Waals surface area contributed by atoms with Gasteiger partial charge in [-0.1, -0.05) is 13.8 Å². The zero-order valence-corrected chi connectivity index (χ0v) is 11.7. The van der Waals surface area contributed by atoms with Gasteiger partial charge in [-0.2, -0.15) is 0 Å². The fourth-order valence-corrected chi connectivity index (χ4v) is 4.43. The summed E-state index contributed by atoms with van der Waals surface area (Å²) in [6.45, 7) is 8.51. The summed E-state index contributed by atoms with van der Waals surface area (Å²) in [5, 5.41) is 20.2. The summed E-state index contributed by atoms with van der Waals surface area (Å²) < 4.78 is 0. The van der Waals surface area contributed by atoms with E-state index in [1.165, 1.54) is 0 Å². The summed E-state index contributed by atoms with van der Waals surface area (Å²) in [6, 6.07) is 0. The van der Waals surface area contributed by atoms with E-state index in [9.17, 15) is 10.2 Å². The Hall–Kier alpha value is -0.0800. The molecule has 2 aliphatic rings. The first-order valence-corrected chi connectivity index (χ1v) is 7.13. The van der Waals surface area contributed by atoms with Gasteiger partial charge in [-0.05, 0) is 69.1 Å². The van der Waals surface area contributed by atoms with Crippen LogP contribution in [0.4, 0.5) is 0 Å². The van der Waals surface area contributed by atoms with E-state index >= 15 is 0 Å². The smallest absolute Gasteiger partial charge is 0.0619 e. The third-order valence-corrected chi connectivity index (χ3v) is 5.53. The lowest BCUT2D eigenvalue weighted by atomic mass is 9.53. The lowest BCUT2D eigenvalue weighted by Gasteiger charge is -2.53. The third-order valence-electron chi connectivity index (χ3n) is 5.53. The Labute approximate surface area is 105 Å². The summed E-state index contributed by atoms with van der Waals surface area (Å²) in [7, 11) is 0. The number of rotatable bonds is 1. The first-order valence-electron chi connectivity index (χ1n) is 7.13. The van der Waals surface area contributed by atoms with Crippen molar-refractivity contribution < 1.29 is 10.2 Å². The second-order valence-electron chi connectivity index (χ2n) is 7.46. The molecular formula is C15H28O2. The maximum Gasteiger partial charge on any atom is 0.0619 e. The lowest BCUT2D eigenvalue weighted by molar-refractivity contribution is -0.0950. The van der Waals surface area contributed by atoms with Crippen LogP contribution < -0.4 is 0 Å². The van der Waals surface area contributed by atoms with Gasteiger partial charge in [0.05, 0.1) is 11.7 Å². The molecule has 2 aliphatic carbocycles. The van der Waals surface area contributed by atoms with Crippen molar-refractivity contribution in [3.8, 4) is 0 Å². The van der Waals surface area contributed by atoms with E-state index in [4.69, 9.17) is 0 Å². The summed E-state index contributed by atoms with van der Waals surface area (Å²) in [6.07, 6.45) is 5.20.